The molecule has 1 atom stereocenters. The monoisotopic (exact) mass is 605 g/mol. The number of hydrogen-bond donors (Lipinski definition) is 1. The summed E-state index contributed by atoms with van der Waals surface area (Å²) in [5.74, 6) is -0.355. The van der Waals surface area contributed by atoms with Crippen LogP contribution >= 0.6 is 23.4 Å². The van der Waals surface area contributed by atoms with E-state index in [1.54, 1.807) is 45.2 Å². The number of ether oxygens (including phenoxy) is 1. The van der Waals surface area contributed by atoms with E-state index in [1.165, 1.54) is 28.6 Å². The second-order valence-corrected chi connectivity index (χ2v) is 12.3. The van der Waals surface area contributed by atoms with E-state index in [9.17, 15) is 22.8 Å². The molecule has 1 N–H and O–H groups in total. The van der Waals surface area contributed by atoms with Gasteiger partial charge in [-0.25, -0.2) is 4.79 Å². The molecule has 1 aromatic heterocycles. The molecule has 0 aliphatic carbocycles. The maximum atomic E-state index is 13.5. The van der Waals surface area contributed by atoms with Crippen molar-refractivity contribution in [3.63, 3.8) is 0 Å². The number of aromatic nitrogens is 2. The van der Waals surface area contributed by atoms with Crippen molar-refractivity contribution in [1.29, 1.82) is 0 Å². The van der Waals surface area contributed by atoms with Gasteiger partial charge in [0.25, 0.3) is 5.91 Å². The lowest BCUT2D eigenvalue weighted by molar-refractivity contribution is -0.138. The van der Waals surface area contributed by atoms with E-state index < -0.39 is 23.4 Å². The lowest BCUT2D eigenvalue weighted by Crippen LogP contribution is -2.40. The first-order valence-electron chi connectivity index (χ1n) is 12.8. The van der Waals surface area contributed by atoms with Crippen LogP contribution in [-0.4, -0.2) is 56.6 Å². The number of nitrogens with one attached hydrogen (secondary N) is 1. The average Bonchev–Trinajstić information content (AvgIpc) is 3.58. The Labute approximate surface area is 243 Å². The van der Waals surface area contributed by atoms with Crippen molar-refractivity contribution < 1.29 is 27.5 Å². The molecule has 5 rings (SSSR count). The van der Waals surface area contributed by atoms with E-state index in [0.717, 1.165) is 11.6 Å². The maximum absolute atomic E-state index is 13.5. The molecule has 2 amide bonds. The summed E-state index contributed by atoms with van der Waals surface area (Å²) in [6.07, 6.45) is -1.01. The first-order chi connectivity index (χ1) is 19.2. The lowest BCUT2D eigenvalue weighted by Gasteiger charge is -2.22. The summed E-state index contributed by atoms with van der Waals surface area (Å²) < 4.78 is 47.4. The highest BCUT2D eigenvalue weighted by atomic mass is 35.5. The molecule has 0 saturated carbocycles. The smallest absolute Gasteiger partial charge is 0.416 e. The Kier molecular flexibility index (Phi) is 7.82. The molecule has 0 spiro atoms. The zero-order chi connectivity index (χ0) is 29.5. The molecule has 41 heavy (non-hydrogen) atoms. The van der Waals surface area contributed by atoms with Crippen LogP contribution in [-0.2, 0) is 22.3 Å². The number of thioether (sulfide) groups is 1. The van der Waals surface area contributed by atoms with Gasteiger partial charge in [-0.2, -0.15) is 23.3 Å². The number of nitrogens with zero attached hydrogens (tertiary/aromatic N) is 4. The van der Waals surface area contributed by atoms with Crippen molar-refractivity contribution in [3.8, 4) is 0 Å². The fourth-order valence-corrected chi connectivity index (χ4v) is 5.76. The van der Waals surface area contributed by atoms with Crippen LogP contribution < -0.4 is 5.32 Å². The quantitative estimate of drug-likeness (QED) is 0.350. The van der Waals surface area contributed by atoms with Crippen LogP contribution in [0.2, 0.25) is 5.02 Å². The Hall–Kier alpha value is -3.51. The highest BCUT2D eigenvalue weighted by Crippen LogP contribution is 2.35. The molecular formula is C28H27ClF3N5O3S. The van der Waals surface area contributed by atoms with Gasteiger partial charge in [-0.05, 0) is 80.4 Å². The van der Waals surface area contributed by atoms with Crippen LogP contribution in [0.5, 0.6) is 0 Å². The number of alkyl halides is 3. The minimum absolute atomic E-state index is 0.0116. The molecule has 13 heteroatoms. The summed E-state index contributed by atoms with van der Waals surface area (Å²) in [4.78, 5) is 31.4. The van der Waals surface area contributed by atoms with Gasteiger partial charge in [0.2, 0.25) is 0 Å². The topological polar surface area (TPSA) is 88.8 Å². The summed E-state index contributed by atoms with van der Waals surface area (Å²) in [7, 11) is 0. The van der Waals surface area contributed by atoms with Gasteiger partial charge in [-0.15, -0.1) is 0 Å². The fourth-order valence-electron chi connectivity index (χ4n) is 4.64. The van der Waals surface area contributed by atoms with E-state index in [4.69, 9.17) is 16.3 Å². The molecule has 1 saturated heterocycles. The first kappa shape index (κ1) is 29.0. The highest BCUT2D eigenvalue weighted by molar-refractivity contribution is 8.18. The number of amides is 2. The Balaban J connectivity index is 1.26. The minimum Gasteiger partial charge on any atom is -0.444 e. The number of rotatable bonds is 4. The zero-order valence-corrected chi connectivity index (χ0v) is 24.0. The molecule has 3 heterocycles. The molecule has 2 aliphatic heterocycles. The normalized spacial score (nSPS) is 18.9. The molecule has 0 radical (unpaired) electrons. The SMILES string of the molecule is CC(C)(C)OC(=O)NC1CCN(C2=NC(=O)C(=Cc3ccc4c(cnn4Cc4ccc(Cl)cc4C(F)(F)F)c3)S2)C1. The number of likely N-dealkylation sites (tertiary alicyclic amines) is 1. The van der Waals surface area contributed by atoms with E-state index in [-0.39, 0.29) is 29.1 Å². The summed E-state index contributed by atoms with van der Waals surface area (Å²) in [5.41, 5.74) is 0.0547. The van der Waals surface area contributed by atoms with E-state index in [0.29, 0.717) is 40.5 Å². The molecule has 8 nitrogen and oxygen atoms in total. The van der Waals surface area contributed by atoms with Gasteiger partial charge < -0.3 is 15.0 Å². The summed E-state index contributed by atoms with van der Waals surface area (Å²) in [5, 5.41) is 8.46. The predicted molar refractivity (Wildman–Crippen MR) is 153 cm³/mol. The lowest BCUT2D eigenvalue weighted by atomic mass is 10.1. The number of benzene rings is 2. The highest BCUT2D eigenvalue weighted by Gasteiger charge is 2.34. The number of alkyl carbamates (subject to hydrolysis) is 1. The molecule has 216 valence electrons. The zero-order valence-electron chi connectivity index (χ0n) is 22.5. The van der Waals surface area contributed by atoms with Gasteiger partial charge in [0.05, 0.1) is 34.8 Å². The maximum Gasteiger partial charge on any atom is 0.416 e. The third kappa shape index (κ3) is 6.87. The van der Waals surface area contributed by atoms with Crippen molar-refractivity contribution in [3.05, 3.63) is 69.2 Å². The molecule has 1 unspecified atom stereocenters. The molecular weight excluding hydrogens is 579 g/mol. The molecule has 0 bridgehead atoms. The molecule has 2 aromatic carbocycles. The Morgan fingerprint density at radius 1 is 1.22 bits per heavy atom. The largest absolute Gasteiger partial charge is 0.444 e. The average molecular weight is 606 g/mol. The van der Waals surface area contributed by atoms with Crippen molar-refractivity contribution in [2.75, 3.05) is 13.1 Å². The van der Waals surface area contributed by atoms with Crippen LogP contribution in [0.1, 0.15) is 43.9 Å². The second kappa shape index (κ2) is 11.1. The van der Waals surface area contributed by atoms with Crippen LogP contribution in [0, 0.1) is 0 Å². The van der Waals surface area contributed by atoms with Gasteiger partial charge >= 0.3 is 12.3 Å². The van der Waals surface area contributed by atoms with Gasteiger partial charge in [-0.3, -0.25) is 9.48 Å². The van der Waals surface area contributed by atoms with Crippen molar-refractivity contribution >= 4 is 57.5 Å². The fraction of sp³-hybridized carbons (Fsp3) is 0.357. The molecule has 1 fully saturated rings. The summed E-state index contributed by atoms with van der Waals surface area (Å²) in [6, 6.07) is 8.94. The molecule has 3 aromatic rings. The standard InChI is InChI=1S/C28H27ClF3N5O3S/c1-27(2,3)40-26(39)34-20-8-9-36(15-20)25-35-24(38)23(41-25)11-16-4-7-22-18(10-16)13-33-37(22)14-17-5-6-19(29)12-21(17)28(30,31)32/h4-7,10-13,20H,8-9,14-15H2,1-3H3,(H,34,39). The summed E-state index contributed by atoms with van der Waals surface area (Å²) in [6.45, 7) is 6.47. The number of carbonyl (C=O) groups excluding carboxylic acids is 2. The van der Waals surface area contributed by atoms with E-state index in [2.05, 4.69) is 15.4 Å². The predicted octanol–water partition coefficient (Wildman–Crippen LogP) is 6.33. The van der Waals surface area contributed by atoms with Crippen LogP contribution in [0.15, 0.2) is 52.5 Å². The van der Waals surface area contributed by atoms with Gasteiger partial charge in [0, 0.05) is 23.5 Å². The Bertz CT molecular complexity index is 1580. The first-order valence-corrected chi connectivity index (χ1v) is 14.0. The number of carbonyl (C=O) groups is 2. The van der Waals surface area contributed by atoms with Crippen molar-refractivity contribution in [1.82, 2.24) is 20.0 Å². The van der Waals surface area contributed by atoms with Crippen LogP contribution in [0.25, 0.3) is 17.0 Å². The number of amidine groups is 1. The third-order valence-corrected chi connectivity index (χ3v) is 7.73. The van der Waals surface area contributed by atoms with E-state index in [1.807, 2.05) is 11.0 Å². The minimum atomic E-state index is -4.54. The van der Waals surface area contributed by atoms with Crippen LogP contribution in [0.3, 0.4) is 0 Å². The third-order valence-electron chi connectivity index (χ3n) is 6.45. The Morgan fingerprint density at radius 2 is 2.00 bits per heavy atom. The van der Waals surface area contributed by atoms with Gasteiger partial charge in [0.1, 0.15) is 5.60 Å². The van der Waals surface area contributed by atoms with Gasteiger partial charge in [0.15, 0.2) is 5.17 Å². The Morgan fingerprint density at radius 3 is 2.73 bits per heavy atom. The van der Waals surface area contributed by atoms with Crippen LogP contribution in [0.4, 0.5) is 18.0 Å². The second-order valence-electron chi connectivity index (χ2n) is 10.8. The summed E-state index contributed by atoms with van der Waals surface area (Å²) >= 11 is 7.07. The van der Waals surface area contributed by atoms with Crippen molar-refractivity contribution in [2.24, 2.45) is 4.99 Å². The number of halogens is 4. The molecule has 2 aliphatic rings. The van der Waals surface area contributed by atoms with Crippen molar-refractivity contribution in [2.45, 2.75) is 51.6 Å². The van der Waals surface area contributed by atoms with E-state index >= 15 is 0 Å². The number of aliphatic imine (C=N–C) groups is 1. The number of hydrogen-bond acceptors (Lipinski definition) is 6. The van der Waals surface area contributed by atoms with Gasteiger partial charge in [-0.1, -0.05) is 23.7 Å². The number of fused-ring (bicyclic) bond motifs is 1.